The highest BCUT2D eigenvalue weighted by atomic mass is 16.5. The van der Waals surface area contributed by atoms with Crippen LogP contribution >= 0.6 is 0 Å². The molecule has 2 aromatic carbocycles. The van der Waals surface area contributed by atoms with Gasteiger partial charge < -0.3 is 15.8 Å². The number of aliphatic imine (C=N–C) groups is 2. The fourth-order valence-corrected chi connectivity index (χ4v) is 3.01. The Labute approximate surface area is 160 Å². The highest BCUT2D eigenvalue weighted by molar-refractivity contribution is 6.09. The first-order valence-electron chi connectivity index (χ1n) is 9.21. The van der Waals surface area contributed by atoms with Gasteiger partial charge in [0.1, 0.15) is 11.6 Å². The molecule has 5 nitrogen and oxygen atoms in total. The molecule has 5 heteroatoms. The van der Waals surface area contributed by atoms with E-state index >= 15 is 0 Å². The van der Waals surface area contributed by atoms with Gasteiger partial charge in [0.05, 0.1) is 23.5 Å². The van der Waals surface area contributed by atoms with Gasteiger partial charge in [-0.2, -0.15) is 0 Å². The van der Waals surface area contributed by atoms with Crippen molar-refractivity contribution < 1.29 is 4.74 Å². The molecule has 2 aromatic rings. The zero-order valence-corrected chi connectivity index (χ0v) is 16.2. The fourth-order valence-electron chi connectivity index (χ4n) is 3.01. The van der Waals surface area contributed by atoms with Crippen LogP contribution < -0.4 is 15.8 Å². The van der Waals surface area contributed by atoms with Crippen molar-refractivity contribution >= 4 is 29.1 Å². The molecular weight excluding hydrogens is 336 g/mol. The van der Waals surface area contributed by atoms with Gasteiger partial charge in [0, 0.05) is 24.0 Å². The molecular formula is C22H26N4O. The lowest BCUT2D eigenvalue weighted by Gasteiger charge is -2.23. The number of amidine groups is 1. The summed E-state index contributed by atoms with van der Waals surface area (Å²) < 4.78 is 5.93. The molecule has 140 valence electrons. The molecule has 0 aromatic heterocycles. The van der Waals surface area contributed by atoms with Crippen LogP contribution in [0.25, 0.3) is 5.70 Å². The average molecular weight is 362 g/mol. The van der Waals surface area contributed by atoms with Crippen molar-refractivity contribution in [1.29, 1.82) is 0 Å². The van der Waals surface area contributed by atoms with Crippen LogP contribution in [-0.2, 0) is 6.54 Å². The van der Waals surface area contributed by atoms with Crippen molar-refractivity contribution in [3.63, 3.8) is 0 Å². The summed E-state index contributed by atoms with van der Waals surface area (Å²) in [6, 6.07) is 10.0. The Morgan fingerprint density at radius 1 is 1.26 bits per heavy atom. The van der Waals surface area contributed by atoms with Gasteiger partial charge in [0.25, 0.3) is 0 Å². The maximum atomic E-state index is 5.93. The normalized spacial score (nSPS) is 13.3. The third-order valence-electron chi connectivity index (χ3n) is 4.41. The molecule has 0 amide bonds. The van der Waals surface area contributed by atoms with Gasteiger partial charge in [-0.05, 0) is 55.7 Å². The summed E-state index contributed by atoms with van der Waals surface area (Å²) in [4.78, 5) is 9.28. The van der Waals surface area contributed by atoms with E-state index in [0.717, 1.165) is 51.5 Å². The molecule has 1 aliphatic rings. The Balaban J connectivity index is 2.12. The Kier molecular flexibility index (Phi) is 5.72. The minimum absolute atomic E-state index is 0.459. The van der Waals surface area contributed by atoms with Crippen LogP contribution in [0.2, 0.25) is 0 Å². The zero-order chi connectivity index (χ0) is 19.4. The summed E-state index contributed by atoms with van der Waals surface area (Å²) in [7, 11) is 0. The minimum atomic E-state index is 0.459. The van der Waals surface area contributed by atoms with E-state index in [4.69, 9.17) is 15.5 Å². The number of hydrogen-bond donors (Lipinski definition) is 2. The Morgan fingerprint density at radius 2 is 2.07 bits per heavy atom. The second kappa shape index (κ2) is 8.18. The van der Waals surface area contributed by atoms with Crippen LogP contribution in [-0.4, -0.2) is 18.7 Å². The average Bonchev–Trinajstić information content (AvgIpc) is 2.67. The third-order valence-corrected chi connectivity index (χ3v) is 4.41. The van der Waals surface area contributed by atoms with Crippen molar-refractivity contribution in [3.05, 3.63) is 59.2 Å². The molecule has 0 fully saturated rings. The molecule has 27 heavy (non-hydrogen) atoms. The fraction of sp³-hybridized carbons (Fsp3) is 0.273. The van der Waals surface area contributed by atoms with Gasteiger partial charge in [-0.15, -0.1) is 0 Å². The zero-order valence-electron chi connectivity index (χ0n) is 16.2. The van der Waals surface area contributed by atoms with Crippen LogP contribution in [0.1, 0.15) is 42.5 Å². The topological polar surface area (TPSA) is 72.0 Å². The second-order valence-electron chi connectivity index (χ2n) is 6.49. The lowest BCUT2D eigenvalue weighted by atomic mass is 10.0. The van der Waals surface area contributed by atoms with Crippen LogP contribution in [0.5, 0.6) is 5.75 Å². The quantitative estimate of drug-likeness (QED) is 0.737. The Bertz CT molecular complexity index is 928. The second-order valence-corrected chi connectivity index (χ2v) is 6.49. The van der Waals surface area contributed by atoms with Gasteiger partial charge in [-0.3, -0.25) is 4.99 Å². The smallest absolute Gasteiger partial charge is 0.142 e. The summed E-state index contributed by atoms with van der Waals surface area (Å²) >= 11 is 0. The largest absolute Gasteiger partial charge is 0.493 e. The molecule has 0 atom stereocenters. The van der Waals surface area contributed by atoms with E-state index in [0.29, 0.717) is 19.0 Å². The van der Waals surface area contributed by atoms with Crippen molar-refractivity contribution in [3.8, 4) is 5.75 Å². The molecule has 1 heterocycles. The Morgan fingerprint density at radius 3 is 2.78 bits per heavy atom. The van der Waals surface area contributed by atoms with Crippen LogP contribution in [0.3, 0.4) is 0 Å². The SMILES string of the molecule is C=C1NC(c2cc(CN)ccc2OCCC)=Nc2cc(N=CC)c(C)cc21. The van der Waals surface area contributed by atoms with E-state index in [9.17, 15) is 0 Å². The number of nitrogens with two attached hydrogens (primary N) is 1. The predicted molar refractivity (Wildman–Crippen MR) is 113 cm³/mol. The van der Waals surface area contributed by atoms with E-state index in [1.54, 1.807) is 6.21 Å². The molecule has 3 rings (SSSR count). The lowest BCUT2D eigenvalue weighted by molar-refractivity contribution is 0.316. The molecule has 0 saturated carbocycles. The van der Waals surface area contributed by atoms with E-state index < -0.39 is 0 Å². The molecule has 0 spiro atoms. The number of fused-ring (bicyclic) bond motifs is 1. The van der Waals surface area contributed by atoms with E-state index in [-0.39, 0.29) is 0 Å². The lowest BCUT2D eigenvalue weighted by Crippen LogP contribution is -2.26. The van der Waals surface area contributed by atoms with Crippen molar-refractivity contribution in [2.45, 2.75) is 33.7 Å². The number of nitrogens with one attached hydrogen (secondary N) is 1. The van der Waals surface area contributed by atoms with E-state index in [2.05, 4.69) is 29.9 Å². The first-order valence-corrected chi connectivity index (χ1v) is 9.21. The first kappa shape index (κ1) is 18.9. The van der Waals surface area contributed by atoms with E-state index in [1.165, 1.54) is 0 Å². The van der Waals surface area contributed by atoms with Crippen molar-refractivity contribution in [2.24, 2.45) is 15.7 Å². The van der Waals surface area contributed by atoms with Gasteiger partial charge in [-0.25, -0.2) is 4.99 Å². The number of benzene rings is 2. The molecule has 1 aliphatic heterocycles. The van der Waals surface area contributed by atoms with Gasteiger partial charge >= 0.3 is 0 Å². The van der Waals surface area contributed by atoms with Crippen molar-refractivity contribution in [2.75, 3.05) is 6.61 Å². The molecule has 0 aliphatic carbocycles. The molecule has 0 radical (unpaired) electrons. The monoisotopic (exact) mass is 362 g/mol. The van der Waals surface area contributed by atoms with Crippen molar-refractivity contribution in [1.82, 2.24) is 5.32 Å². The summed E-state index contributed by atoms with van der Waals surface area (Å²) in [5.74, 6) is 1.50. The highest BCUT2D eigenvalue weighted by Crippen LogP contribution is 2.36. The minimum Gasteiger partial charge on any atom is -0.493 e. The van der Waals surface area contributed by atoms with Gasteiger partial charge in [0.2, 0.25) is 0 Å². The van der Waals surface area contributed by atoms with E-state index in [1.807, 2.05) is 38.1 Å². The standard InChI is InChI=1S/C22H26N4O/c1-5-9-27-21-8-7-16(13-23)11-18(21)22-25-15(4)17-10-14(3)19(24-6-2)12-20(17)26-22/h6-8,10-12H,4-5,9,13,23H2,1-3H3,(H,25,26). The number of hydrogen-bond acceptors (Lipinski definition) is 5. The van der Waals surface area contributed by atoms with Gasteiger partial charge in [-0.1, -0.05) is 19.6 Å². The van der Waals surface area contributed by atoms with Crippen LogP contribution in [0.4, 0.5) is 11.4 Å². The molecule has 3 N–H and O–H groups in total. The van der Waals surface area contributed by atoms with Gasteiger partial charge in [0.15, 0.2) is 0 Å². The predicted octanol–water partition coefficient (Wildman–Crippen LogP) is 4.62. The number of rotatable bonds is 6. The number of aryl methyl sites for hydroxylation is 1. The number of nitrogens with zero attached hydrogens (tertiary/aromatic N) is 2. The maximum absolute atomic E-state index is 5.93. The first-order chi connectivity index (χ1) is 13.1. The Hall–Kier alpha value is -2.92. The molecule has 0 bridgehead atoms. The van der Waals surface area contributed by atoms with Crippen LogP contribution in [0.15, 0.2) is 46.9 Å². The van der Waals surface area contributed by atoms with Crippen LogP contribution in [0, 0.1) is 6.92 Å². The molecule has 0 unspecified atom stereocenters. The number of ether oxygens (including phenoxy) is 1. The maximum Gasteiger partial charge on any atom is 0.142 e. The highest BCUT2D eigenvalue weighted by Gasteiger charge is 2.20. The molecule has 0 saturated heterocycles. The summed E-state index contributed by atoms with van der Waals surface area (Å²) in [5.41, 5.74) is 12.4. The summed E-state index contributed by atoms with van der Waals surface area (Å²) in [5, 5.41) is 3.33. The summed E-state index contributed by atoms with van der Waals surface area (Å²) in [6.45, 7) is 11.3. The summed E-state index contributed by atoms with van der Waals surface area (Å²) in [6.07, 6.45) is 2.72. The third kappa shape index (κ3) is 3.93.